The van der Waals surface area contributed by atoms with Crippen molar-refractivity contribution in [1.82, 2.24) is 20.1 Å². The second-order valence-electron chi connectivity index (χ2n) is 6.09. The van der Waals surface area contributed by atoms with E-state index in [2.05, 4.69) is 58.2 Å². The van der Waals surface area contributed by atoms with Crippen molar-refractivity contribution in [2.24, 2.45) is 0 Å². The van der Waals surface area contributed by atoms with Crippen LogP contribution in [0.3, 0.4) is 0 Å². The minimum atomic E-state index is 0.369. The quantitative estimate of drug-likeness (QED) is 0.847. The van der Waals surface area contributed by atoms with Crippen LogP contribution in [0, 0.1) is 0 Å². The third-order valence-corrected chi connectivity index (χ3v) is 4.26. The average Bonchev–Trinajstić information content (AvgIpc) is 2.52. The fourth-order valence-corrected chi connectivity index (χ4v) is 2.59. The van der Waals surface area contributed by atoms with Crippen molar-refractivity contribution in [1.29, 1.82) is 0 Å². The van der Waals surface area contributed by atoms with E-state index in [0.717, 1.165) is 45.1 Å². The van der Waals surface area contributed by atoms with Crippen LogP contribution in [0.1, 0.15) is 18.5 Å². The zero-order valence-electron chi connectivity index (χ0n) is 13.8. The van der Waals surface area contributed by atoms with E-state index in [1.54, 1.807) is 0 Å². The average molecular weight is 291 g/mol. The summed E-state index contributed by atoms with van der Waals surface area (Å²) in [6.45, 7) is 8.86. The lowest BCUT2D eigenvalue weighted by atomic mass is 10.1. The summed E-state index contributed by atoms with van der Waals surface area (Å²) < 4.78 is 0. The number of pyridine rings is 1. The van der Waals surface area contributed by atoms with Crippen molar-refractivity contribution in [2.75, 3.05) is 65.3 Å². The highest BCUT2D eigenvalue weighted by molar-refractivity contribution is 5.42. The molecule has 1 aliphatic heterocycles. The van der Waals surface area contributed by atoms with Crippen molar-refractivity contribution >= 4 is 5.82 Å². The van der Waals surface area contributed by atoms with Crippen LogP contribution in [-0.2, 0) is 0 Å². The Morgan fingerprint density at radius 1 is 1.29 bits per heavy atom. The monoisotopic (exact) mass is 291 g/mol. The molecule has 0 amide bonds. The first-order chi connectivity index (χ1) is 10.1. The van der Waals surface area contributed by atoms with Gasteiger partial charge >= 0.3 is 0 Å². The van der Waals surface area contributed by atoms with Crippen molar-refractivity contribution in [3.05, 3.63) is 23.9 Å². The molecule has 5 heteroatoms. The minimum Gasteiger partial charge on any atom is -0.354 e. The van der Waals surface area contributed by atoms with Crippen LogP contribution in [0.25, 0.3) is 0 Å². The van der Waals surface area contributed by atoms with Gasteiger partial charge in [0.15, 0.2) is 0 Å². The summed E-state index contributed by atoms with van der Waals surface area (Å²) in [6, 6.07) is 4.68. The van der Waals surface area contributed by atoms with Gasteiger partial charge in [0.1, 0.15) is 5.82 Å². The number of hydrogen-bond acceptors (Lipinski definition) is 5. The summed E-state index contributed by atoms with van der Waals surface area (Å²) in [4.78, 5) is 11.7. The summed E-state index contributed by atoms with van der Waals surface area (Å²) in [5.41, 5.74) is 1.30. The molecule has 0 spiro atoms. The fourth-order valence-electron chi connectivity index (χ4n) is 2.59. The molecule has 5 nitrogen and oxygen atoms in total. The zero-order valence-corrected chi connectivity index (χ0v) is 13.8. The number of hydrogen-bond donors (Lipinski definition) is 1. The Bertz CT molecular complexity index is 426. The SMILES string of the molecule is CNC(C)c1ccnc(N2CCN(CCN(C)C)CC2)c1. The number of nitrogens with one attached hydrogen (secondary N) is 1. The number of likely N-dealkylation sites (N-methyl/N-ethyl adjacent to an activating group) is 1. The summed E-state index contributed by atoms with van der Waals surface area (Å²) in [6.07, 6.45) is 1.93. The lowest BCUT2D eigenvalue weighted by molar-refractivity contribution is 0.229. The van der Waals surface area contributed by atoms with Crippen molar-refractivity contribution in [3.63, 3.8) is 0 Å². The lowest BCUT2D eigenvalue weighted by Crippen LogP contribution is -2.48. The number of anilines is 1. The molecule has 0 aliphatic carbocycles. The summed E-state index contributed by atoms with van der Waals surface area (Å²) in [5.74, 6) is 1.11. The summed E-state index contributed by atoms with van der Waals surface area (Å²) in [5, 5.41) is 3.29. The van der Waals surface area contributed by atoms with Gasteiger partial charge in [-0.3, -0.25) is 4.90 Å². The van der Waals surface area contributed by atoms with E-state index in [9.17, 15) is 0 Å². The molecule has 1 atom stereocenters. The molecular formula is C16H29N5. The molecule has 0 radical (unpaired) electrons. The number of aromatic nitrogens is 1. The highest BCUT2D eigenvalue weighted by atomic mass is 15.3. The molecule has 1 aromatic rings. The summed E-state index contributed by atoms with van der Waals surface area (Å²) >= 11 is 0. The smallest absolute Gasteiger partial charge is 0.128 e. The predicted octanol–water partition coefficient (Wildman–Crippen LogP) is 1.05. The Kier molecular flexibility index (Phi) is 5.96. The van der Waals surface area contributed by atoms with Gasteiger partial charge < -0.3 is 15.1 Å². The normalized spacial score (nSPS) is 18.2. The molecule has 118 valence electrons. The number of piperazine rings is 1. The van der Waals surface area contributed by atoms with E-state index in [1.807, 2.05) is 13.2 Å². The van der Waals surface area contributed by atoms with Crippen LogP contribution in [0.15, 0.2) is 18.3 Å². The first-order valence-corrected chi connectivity index (χ1v) is 7.85. The zero-order chi connectivity index (χ0) is 15.2. The van der Waals surface area contributed by atoms with Gasteiger partial charge in [-0.05, 0) is 45.8 Å². The van der Waals surface area contributed by atoms with E-state index in [-0.39, 0.29) is 0 Å². The van der Waals surface area contributed by atoms with Gasteiger partial charge in [0, 0.05) is 51.5 Å². The number of nitrogens with zero attached hydrogens (tertiary/aromatic N) is 4. The van der Waals surface area contributed by atoms with Crippen LogP contribution in [0.5, 0.6) is 0 Å². The Labute approximate surface area is 128 Å². The van der Waals surface area contributed by atoms with E-state index in [1.165, 1.54) is 5.56 Å². The third kappa shape index (κ3) is 4.66. The van der Waals surface area contributed by atoms with Crippen LogP contribution in [0.2, 0.25) is 0 Å². The molecule has 1 saturated heterocycles. The lowest BCUT2D eigenvalue weighted by Gasteiger charge is -2.36. The molecule has 0 aromatic carbocycles. The van der Waals surface area contributed by atoms with Crippen LogP contribution in [-0.4, -0.2) is 75.2 Å². The Hall–Kier alpha value is -1.17. The Morgan fingerprint density at radius 2 is 2.00 bits per heavy atom. The Balaban J connectivity index is 1.90. The molecule has 21 heavy (non-hydrogen) atoms. The maximum Gasteiger partial charge on any atom is 0.128 e. The number of rotatable bonds is 6. The first kappa shape index (κ1) is 16.2. The maximum atomic E-state index is 4.55. The second-order valence-corrected chi connectivity index (χ2v) is 6.09. The maximum absolute atomic E-state index is 4.55. The molecule has 1 aromatic heterocycles. The van der Waals surface area contributed by atoms with Gasteiger partial charge in [-0.25, -0.2) is 4.98 Å². The highest BCUT2D eigenvalue weighted by Crippen LogP contribution is 2.19. The predicted molar refractivity (Wildman–Crippen MR) is 88.9 cm³/mol. The van der Waals surface area contributed by atoms with Gasteiger partial charge in [-0.15, -0.1) is 0 Å². The molecule has 1 unspecified atom stereocenters. The molecular weight excluding hydrogens is 262 g/mol. The molecule has 0 bridgehead atoms. The van der Waals surface area contributed by atoms with Gasteiger partial charge in [0.2, 0.25) is 0 Å². The molecule has 2 rings (SSSR count). The summed E-state index contributed by atoms with van der Waals surface area (Å²) in [7, 11) is 6.26. The largest absolute Gasteiger partial charge is 0.354 e. The van der Waals surface area contributed by atoms with Crippen LogP contribution < -0.4 is 10.2 Å². The molecule has 2 heterocycles. The molecule has 1 N–H and O–H groups in total. The molecule has 1 aliphatic rings. The second kappa shape index (κ2) is 7.73. The van der Waals surface area contributed by atoms with Gasteiger partial charge in [0.25, 0.3) is 0 Å². The van der Waals surface area contributed by atoms with Gasteiger partial charge in [-0.2, -0.15) is 0 Å². The van der Waals surface area contributed by atoms with Gasteiger partial charge in [-0.1, -0.05) is 0 Å². The minimum absolute atomic E-state index is 0.369. The van der Waals surface area contributed by atoms with Crippen molar-refractivity contribution in [3.8, 4) is 0 Å². The van der Waals surface area contributed by atoms with Crippen LogP contribution >= 0.6 is 0 Å². The van der Waals surface area contributed by atoms with Crippen molar-refractivity contribution < 1.29 is 0 Å². The van der Waals surface area contributed by atoms with Gasteiger partial charge in [0.05, 0.1) is 0 Å². The van der Waals surface area contributed by atoms with Crippen LogP contribution in [0.4, 0.5) is 5.82 Å². The fraction of sp³-hybridized carbons (Fsp3) is 0.688. The topological polar surface area (TPSA) is 34.6 Å². The third-order valence-electron chi connectivity index (χ3n) is 4.26. The highest BCUT2D eigenvalue weighted by Gasteiger charge is 2.18. The Morgan fingerprint density at radius 3 is 2.62 bits per heavy atom. The first-order valence-electron chi connectivity index (χ1n) is 7.85. The molecule has 0 saturated carbocycles. The van der Waals surface area contributed by atoms with E-state index >= 15 is 0 Å². The molecule has 1 fully saturated rings. The standard InChI is InChI=1S/C16H29N5/c1-14(17-2)15-5-6-18-16(13-15)21-11-9-20(10-12-21)8-7-19(3)4/h5-6,13-14,17H,7-12H2,1-4H3. The van der Waals surface area contributed by atoms with E-state index in [4.69, 9.17) is 0 Å². The van der Waals surface area contributed by atoms with E-state index in [0.29, 0.717) is 6.04 Å². The van der Waals surface area contributed by atoms with Crippen molar-refractivity contribution in [2.45, 2.75) is 13.0 Å². The van der Waals surface area contributed by atoms with E-state index < -0.39 is 0 Å².